The van der Waals surface area contributed by atoms with Crippen LogP contribution in [0.25, 0.3) is 0 Å². The van der Waals surface area contributed by atoms with Crippen LogP contribution in [0.3, 0.4) is 0 Å². The van der Waals surface area contributed by atoms with E-state index in [-0.39, 0.29) is 18.0 Å². The Labute approximate surface area is 131 Å². The molecule has 22 heavy (non-hydrogen) atoms. The van der Waals surface area contributed by atoms with Crippen LogP contribution in [0.15, 0.2) is 18.2 Å². The molecule has 5 nitrogen and oxygen atoms in total. The van der Waals surface area contributed by atoms with Gasteiger partial charge in [0.15, 0.2) is 11.5 Å². The number of benzene rings is 1. The highest BCUT2D eigenvalue weighted by Gasteiger charge is 2.30. The highest BCUT2D eigenvalue weighted by Crippen LogP contribution is 2.31. The Morgan fingerprint density at radius 3 is 2.77 bits per heavy atom. The zero-order valence-electron chi connectivity index (χ0n) is 13.1. The van der Waals surface area contributed by atoms with Crippen molar-refractivity contribution in [1.29, 1.82) is 0 Å². The first-order chi connectivity index (χ1) is 10.7. The van der Waals surface area contributed by atoms with E-state index in [1.165, 1.54) is 0 Å². The number of ether oxygens (including phenoxy) is 2. The van der Waals surface area contributed by atoms with Crippen molar-refractivity contribution in [1.82, 2.24) is 4.90 Å². The summed E-state index contributed by atoms with van der Waals surface area (Å²) in [5, 5.41) is 0. The van der Waals surface area contributed by atoms with Crippen molar-refractivity contribution in [2.24, 2.45) is 5.73 Å². The zero-order valence-corrected chi connectivity index (χ0v) is 13.1. The maximum Gasteiger partial charge on any atom is 0.254 e. The Morgan fingerprint density at radius 2 is 2.00 bits per heavy atom. The molecule has 1 amide bonds. The number of nitrogens with zero attached hydrogens (tertiary/aromatic N) is 1. The first-order valence-electron chi connectivity index (χ1n) is 8.13. The van der Waals surface area contributed by atoms with Gasteiger partial charge in [-0.05, 0) is 44.4 Å². The molecular weight excluding hydrogens is 280 g/mol. The molecule has 0 aliphatic carbocycles. The molecule has 0 radical (unpaired) electrons. The number of piperidine rings is 1. The molecule has 0 aromatic heterocycles. The summed E-state index contributed by atoms with van der Waals surface area (Å²) in [4.78, 5) is 14.8. The minimum Gasteiger partial charge on any atom is -0.490 e. The van der Waals surface area contributed by atoms with E-state index in [0.717, 1.165) is 38.0 Å². The lowest BCUT2D eigenvalue weighted by Gasteiger charge is -2.38. The van der Waals surface area contributed by atoms with Gasteiger partial charge in [0.2, 0.25) is 0 Å². The van der Waals surface area contributed by atoms with Crippen molar-refractivity contribution in [2.75, 3.05) is 19.8 Å². The first kappa shape index (κ1) is 15.2. The van der Waals surface area contributed by atoms with Crippen LogP contribution in [-0.2, 0) is 0 Å². The molecule has 2 atom stereocenters. The van der Waals surface area contributed by atoms with Crippen LogP contribution in [0.1, 0.15) is 43.0 Å². The molecule has 1 fully saturated rings. The molecule has 2 heterocycles. The fourth-order valence-electron chi connectivity index (χ4n) is 3.22. The summed E-state index contributed by atoms with van der Waals surface area (Å²) in [5.74, 6) is 1.42. The number of carbonyl (C=O) groups is 1. The monoisotopic (exact) mass is 304 g/mol. The molecule has 0 bridgehead atoms. The maximum absolute atomic E-state index is 12.9. The van der Waals surface area contributed by atoms with Crippen LogP contribution in [0.2, 0.25) is 0 Å². The van der Waals surface area contributed by atoms with Gasteiger partial charge in [0.05, 0.1) is 13.2 Å². The second-order valence-corrected chi connectivity index (χ2v) is 6.13. The average molecular weight is 304 g/mol. The number of rotatable bonds is 2. The third-order valence-corrected chi connectivity index (χ3v) is 4.41. The molecule has 2 aliphatic rings. The minimum atomic E-state index is -0.00957. The van der Waals surface area contributed by atoms with Gasteiger partial charge in [-0.1, -0.05) is 0 Å². The standard InChI is InChI=1S/C17H24N2O3/c1-12(18)14-5-2-3-8-19(14)17(20)13-6-7-15-16(11-13)22-10-4-9-21-15/h6-7,11-12,14H,2-5,8-10,18H2,1H3. The molecule has 2 N–H and O–H groups in total. The Morgan fingerprint density at radius 1 is 1.23 bits per heavy atom. The maximum atomic E-state index is 12.9. The van der Waals surface area contributed by atoms with Crippen molar-refractivity contribution < 1.29 is 14.3 Å². The van der Waals surface area contributed by atoms with Gasteiger partial charge in [-0.25, -0.2) is 0 Å². The van der Waals surface area contributed by atoms with E-state index in [1.807, 2.05) is 24.0 Å². The number of carbonyl (C=O) groups excluding carboxylic acids is 1. The third kappa shape index (κ3) is 3.04. The molecular formula is C17H24N2O3. The van der Waals surface area contributed by atoms with Gasteiger partial charge in [0.1, 0.15) is 0 Å². The molecule has 1 saturated heterocycles. The van der Waals surface area contributed by atoms with Crippen LogP contribution < -0.4 is 15.2 Å². The van der Waals surface area contributed by atoms with Gasteiger partial charge >= 0.3 is 0 Å². The van der Waals surface area contributed by atoms with Gasteiger partial charge in [0, 0.05) is 30.6 Å². The highest BCUT2D eigenvalue weighted by molar-refractivity contribution is 5.95. The van der Waals surface area contributed by atoms with Gasteiger partial charge in [-0.3, -0.25) is 4.79 Å². The number of fused-ring (bicyclic) bond motifs is 1. The Hall–Kier alpha value is -1.75. The van der Waals surface area contributed by atoms with Crippen LogP contribution in [-0.4, -0.2) is 42.6 Å². The second kappa shape index (κ2) is 6.57. The van der Waals surface area contributed by atoms with E-state index in [0.29, 0.717) is 24.5 Å². The van der Waals surface area contributed by atoms with Crippen LogP contribution in [0.4, 0.5) is 0 Å². The largest absolute Gasteiger partial charge is 0.490 e. The molecule has 1 aromatic carbocycles. The third-order valence-electron chi connectivity index (χ3n) is 4.41. The SMILES string of the molecule is CC(N)C1CCCCN1C(=O)c1ccc2c(c1)OCCCO2. The van der Waals surface area contributed by atoms with E-state index in [1.54, 1.807) is 6.07 Å². The van der Waals surface area contributed by atoms with E-state index >= 15 is 0 Å². The van der Waals surface area contributed by atoms with Crippen molar-refractivity contribution >= 4 is 5.91 Å². The predicted octanol–water partition coefficient (Wildman–Crippen LogP) is 2.19. The zero-order chi connectivity index (χ0) is 15.5. The van der Waals surface area contributed by atoms with E-state index in [9.17, 15) is 4.79 Å². The lowest BCUT2D eigenvalue weighted by atomic mass is 9.96. The summed E-state index contributed by atoms with van der Waals surface area (Å²) >= 11 is 0. The molecule has 1 aromatic rings. The summed E-state index contributed by atoms with van der Waals surface area (Å²) in [6.07, 6.45) is 4.02. The molecule has 120 valence electrons. The van der Waals surface area contributed by atoms with Gasteiger partial charge in [-0.15, -0.1) is 0 Å². The minimum absolute atomic E-state index is 0.00957. The van der Waals surface area contributed by atoms with Gasteiger partial charge in [0.25, 0.3) is 5.91 Å². The van der Waals surface area contributed by atoms with Gasteiger partial charge in [-0.2, -0.15) is 0 Å². The number of nitrogens with two attached hydrogens (primary N) is 1. The van der Waals surface area contributed by atoms with Crippen LogP contribution >= 0.6 is 0 Å². The predicted molar refractivity (Wildman–Crippen MR) is 84.4 cm³/mol. The Kier molecular flexibility index (Phi) is 4.52. The highest BCUT2D eigenvalue weighted by atomic mass is 16.5. The van der Waals surface area contributed by atoms with Crippen LogP contribution in [0, 0.1) is 0 Å². The number of likely N-dealkylation sites (tertiary alicyclic amines) is 1. The number of hydrogen-bond donors (Lipinski definition) is 1. The normalized spacial score (nSPS) is 22.8. The fraction of sp³-hybridized carbons (Fsp3) is 0.588. The second-order valence-electron chi connectivity index (χ2n) is 6.13. The summed E-state index contributed by atoms with van der Waals surface area (Å²) in [6, 6.07) is 5.57. The van der Waals surface area contributed by atoms with Crippen molar-refractivity contribution in [2.45, 2.75) is 44.7 Å². The lowest BCUT2D eigenvalue weighted by Crippen LogP contribution is -2.51. The molecule has 5 heteroatoms. The molecule has 2 aliphatic heterocycles. The van der Waals surface area contributed by atoms with Gasteiger partial charge < -0.3 is 20.1 Å². The summed E-state index contributed by atoms with van der Waals surface area (Å²) < 4.78 is 11.3. The lowest BCUT2D eigenvalue weighted by molar-refractivity contribution is 0.0583. The number of hydrogen-bond acceptors (Lipinski definition) is 4. The fourth-order valence-corrected chi connectivity index (χ4v) is 3.22. The number of amides is 1. The smallest absolute Gasteiger partial charge is 0.254 e. The molecule has 2 unspecified atom stereocenters. The van der Waals surface area contributed by atoms with Crippen molar-refractivity contribution in [3.05, 3.63) is 23.8 Å². The topological polar surface area (TPSA) is 64.8 Å². The summed E-state index contributed by atoms with van der Waals surface area (Å²) in [5.41, 5.74) is 6.72. The van der Waals surface area contributed by atoms with Crippen LogP contribution in [0.5, 0.6) is 11.5 Å². The van der Waals surface area contributed by atoms with Crippen molar-refractivity contribution in [3.63, 3.8) is 0 Å². The average Bonchev–Trinajstić information content (AvgIpc) is 2.78. The summed E-state index contributed by atoms with van der Waals surface area (Å²) in [6.45, 7) is 4.03. The Balaban J connectivity index is 1.83. The first-order valence-corrected chi connectivity index (χ1v) is 8.13. The molecule has 0 saturated carbocycles. The Bertz CT molecular complexity index is 545. The molecule has 3 rings (SSSR count). The quantitative estimate of drug-likeness (QED) is 0.909. The summed E-state index contributed by atoms with van der Waals surface area (Å²) in [7, 11) is 0. The molecule has 0 spiro atoms. The van der Waals surface area contributed by atoms with E-state index in [4.69, 9.17) is 15.2 Å². The van der Waals surface area contributed by atoms with Crippen molar-refractivity contribution in [3.8, 4) is 11.5 Å². The van der Waals surface area contributed by atoms with E-state index < -0.39 is 0 Å². The van der Waals surface area contributed by atoms with E-state index in [2.05, 4.69) is 0 Å².